The molecule has 0 saturated heterocycles. The Hall–Kier alpha value is -5.90. The van der Waals surface area contributed by atoms with Gasteiger partial charge in [0.1, 0.15) is 17.0 Å². The second kappa shape index (κ2) is 14.7. The van der Waals surface area contributed by atoms with Crippen LogP contribution >= 0.6 is 0 Å². The molecule has 13 nitrogen and oxygen atoms in total. The predicted octanol–water partition coefficient (Wildman–Crippen LogP) is 3.72. The molecule has 0 unspecified atom stereocenters. The summed E-state index contributed by atoms with van der Waals surface area (Å²) in [6.45, 7) is 0.573. The Morgan fingerprint density at radius 2 is 1.58 bits per heavy atom. The number of amides is 2. The maximum absolute atomic E-state index is 15.5. The number of rotatable bonds is 8. The van der Waals surface area contributed by atoms with Crippen LogP contribution in [0.1, 0.15) is 18.2 Å². The topological polar surface area (TPSA) is 153 Å². The van der Waals surface area contributed by atoms with Crippen molar-refractivity contribution in [2.45, 2.75) is 20.0 Å². The van der Waals surface area contributed by atoms with Gasteiger partial charge in [-0.1, -0.05) is 12.1 Å². The van der Waals surface area contributed by atoms with Crippen LogP contribution in [-0.2, 0) is 17.9 Å². The molecule has 0 aliphatic rings. The molecule has 48 heavy (non-hydrogen) atoms. The summed E-state index contributed by atoms with van der Waals surface area (Å²) in [6.07, 6.45) is 0. The molecule has 5 rings (SSSR count). The minimum Gasteiger partial charge on any atom is -0.494 e. The number of hydrogen-bond donors (Lipinski definition) is 3. The second-order valence-corrected chi connectivity index (χ2v) is 10.6. The lowest BCUT2D eigenvalue weighted by Gasteiger charge is -2.15. The van der Waals surface area contributed by atoms with Gasteiger partial charge in [-0.25, -0.2) is 32.0 Å². The number of hydrogen-bond acceptors (Lipinski definition) is 7. The molecule has 0 radical (unpaired) electrons. The molecule has 0 bridgehead atoms. The SMILES string of the molecule is CC(=O)O.CNC(=O)Nc1ccc(-n2nc3c(c2CN(C)C)c(=O)n(-c2cccc(OC)c2F)c(=O)n3Cc2c(F)cccc2F)cc1. The Labute approximate surface area is 271 Å². The molecular weight excluding hydrogens is 635 g/mol. The number of carboxylic acids is 1. The van der Waals surface area contributed by atoms with Crippen LogP contribution in [0.15, 0.2) is 70.3 Å². The first-order valence-electron chi connectivity index (χ1n) is 14.3. The molecule has 2 amide bonds. The van der Waals surface area contributed by atoms with Crippen LogP contribution in [0.25, 0.3) is 22.4 Å². The fraction of sp³-hybridized carbons (Fsp3) is 0.219. The fourth-order valence-corrected chi connectivity index (χ4v) is 4.82. The summed E-state index contributed by atoms with van der Waals surface area (Å²) in [5.74, 6) is -3.85. The number of carboxylic acid groups (broad SMARTS) is 1. The van der Waals surface area contributed by atoms with E-state index in [1.807, 2.05) is 0 Å². The van der Waals surface area contributed by atoms with Gasteiger partial charge in [-0.05, 0) is 62.6 Å². The van der Waals surface area contributed by atoms with E-state index in [-0.39, 0.29) is 23.3 Å². The van der Waals surface area contributed by atoms with E-state index in [0.29, 0.717) is 21.6 Å². The number of methoxy groups -OCH3 is 1. The zero-order valence-corrected chi connectivity index (χ0v) is 26.5. The predicted molar refractivity (Wildman–Crippen MR) is 172 cm³/mol. The highest BCUT2D eigenvalue weighted by molar-refractivity contribution is 5.89. The van der Waals surface area contributed by atoms with Crippen LogP contribution in [0.2, 0.25) is 0 Å². The minimum absolute atomic E-state index is 0.0650. The van der Waals surface area contributed by atoms with Crippen molar-refractivity contribution in [2.75, 3.05) is 33.6 Å². The highest BCUT2D eigenvalue weighted by atomic mass is 19.1. The van der Waals surface area contributed by atoms with Gasteiger partial charge in [-0.3, -0.25) is 14.2 Å². The first kappa shape index (κ1) is 35.0. The number of carbonyl (C=O) groups excluding carboxylic acids is 1. The molecular formula is C32H32F3N7O6. The largest absolute Gasteiger partial charge is 0.494 e. The number of anilines is 1. The van der Waals surface area contributed by atoms with Gasteiger partial charge >= 0.3 is 11.7 Å². The molecule has 252 valence electrons. The number of nitrogens with one attached hydrogen (secondary N) is 2. The van der Waals surface area contributed by atoms with E-state index >= 15 is 4.39 Å². The van der Waals surface area contributed by atoms with Gasteiger partial charge in [0.25, 0.3) is 11.5 Å². The van der Waals surface area contributed by atoms with Crippen LogP contribution < -0.4 is 26.6 Å². The number of aliphatic carboxylic acids is 1. The van der Waals surface area contributed by atoms with Crippen LogP contribution in [0.4, 0.5) is 23.7 Å². The van der Waals surface area contributed by atoms with E-state index in [9.17, 15) is 23.2 Å². The summed E-state index contributed by atoms with van der Waals surface area (Å²) in [5.41, 5.74) is -1.71. The number of benzene rings is 3. The van der Waals surface area contributed by atoms with Crippen LogP contribution in [0.3, 0.4) is 0 Å². The van der Waals surface area contributed by atoms with Crippen LogP contribution in [-0.4, -0.2) is 69.2 Å². The third kappa shape index (κ3) is 7.23. The van der Waals surface area contributed by atoms with Crippen LogP contribution in [0.5, 0.6) is 5.75 Å². The lowest BCUT2D eigenvalue weighted by Crippen LogP contribution is -2.40. The lowest BCUT2D eigenvalue weighted by atomic mass is 10.2. The molecule has 0 saturated carbocycles. The molecule has 0 aliphatic carbocycles. The summed E-state index contributed by atoms with van der Waals surface area (Å²) < 4.78 is 53.2. The monoisotopic (exact) mass is 667 g/mol. The van der Waals surface area contributed by atoms with Gasteiger partial charge in [-0.2, -0.15) is 0 Å². The Morgan fingerprint density at radius 3 is 2.15 bits per heavy atom. The summed E-state index contributed by atoms with van der Waals surface area (Å²) in [6, 6.07) is 13.3. The number of urea groups is 1. The van der Waals surface area contributed by atoms with E-state index in [2.05, 4.69) is 15.7 Å². The number of nitrogens with zero attached hydrogens (tertiary/aromatic N) is 5. The van der Waals surface area contributed by atoms with Gasteiger partial charge in [0.05, 0.1) is 30.7 Å². The summed E-state index contributed by atoms with van der Waals surface area (Å²) in [5, 5.41) is 17.0. The van der Waals surface area contributed by atoms with Gasteiger partial charge in [-0.15, -0.1) is 5.10 Å². The van der Waals surface area contributed by atoms with Crippen molar-refractivity contribution in [1.29, 1.82) is 0 Å². The number of fused-ring (bicyclic) bond motifs is 1. The zero-order chi connectivity index (χ0) is 35.3. The highest BCUT2D eigenvalue weighted by Crippen LogP contribution is 2.25. The second-order valence-electron chi connectivity index (χ2n) is 10.6. The van der Waals surface area contributed by atoms with Crippen molar-refractivity contribution < 1.29 is 32.6 Å². The molecule has 5 aromatic rings. The Balaban J connectivity index is 0.00000123. The summed E-state index contributed by atoms with van der Waals surface area (Å²) in [4.78, 5) is 50.7. The lowest BCUT2D eigenvalue weighted by molar-refractivity contribution is -0.134. The van der Waals surface area contributed by atoms with Crippen molar-refractivity contribution in [3.63, 3.8) is 0 Å². The maximum atomic E-state index is 15.5. The molecule has 2 aromatic heterocycles. The first-order chi connectivity index (χ1) is 22.8. The quantitative estimate of drug-likeness (QED) is 0.227. The molecule has 0 atom stereocenters. The van der Waals surface area contributed by atoms with E-state index in [1.54, 1.807) is 43.3 Å². The van der Waals surface area contributed by atoms with Gasteiger partial charge in [0.2, 0.25) is 0 Å². The zero-order valence-electron chi connectivity index (χ0n) is 26.5. The number of ether oxygens (including phenoxy) is 1. The first-order valence-corrected chi connectivity index (χ1v) is 14.3. The standard InChI is InChI=1S/C30H28F3N7O4.C2H4O2/c1-34-29(42)35-17-11-13-18(14-12-17)40-23(16-37(2)3)25-27(36-40)38(15-19-20(31)7-5-8-21(19)32)30(43)39(28(25)41)22-9-6-10-24(44-4)26(22)33;1-2(3)4/h5-14H,15-16H2,1-4H3,(H2,34,35,42);1H3,(H,3,4). The van der Waals surface area contributed by atoms with E-state index in [4.69, 9.17) is 14.6 Å². The molecule has 2 heterocycles. The number of carbonyl (C=O) groups is 2. The van der Waals surface area contributed by atoms with Crippen molar-refractivity contribution >= 4 is 28.7 Å². The van der Waals surface area contributed by atoms with Crippen LogP contribution in [0, 0.1) is 17.5 Å². The van der Waals surface area contributed by atoms with Gasteiger partial charge in [0, 0.05) is 31.8 Å². The van der Waals surface area contributed by atoms with E-state index < -0.39 is 58.5 Å². The third-order valence-corrected chi connectivity index (χ3v) is 6.90. The van der Waals surface area contributed by atoms with Crippen molar-refractivity contribution in [1.82, 2.24) is 29.1 Å². The summed E-state index contributed by atoms with van der Waals surface area (Å²) >= 11 is 0. The smallest absolute Gasteiger partial charge is 0.337 e. The Bertz CT molecular complexity index is 2080. The molecule has 0 aliphatic heterocycles. The third-order valence-electron chi connectivity index (χ3n) is 6.90. The van der Waals surface area contributed by atoms with E-state index in [0.717, 1.165) is 23.6 Å². The molecule has 16 heteroatoms. The van der Waals surface area contributed by atoms with Crippen molar-refractivity contribution in [2.24, 2.45) is 0 Å². The Kier molecular flexibility index (Phi) is 10.7. The number of halogens is 3. The average molecular weight is 668 g/mol. The maximum Gasteiger partial charge on any atom is 0.337 e. The molecule has 3 aromatic carbocycles. The van der Waals surface area contributed by atoms with Crippen molar-refractivity contribution in [3.05, 3.63) is 110 Å². The minimum atomic E-state index is -1.07. The molecule has 0 fully saturated rings. The number of aromatic nitrogens is 4. The van der Waals surface area contributed by atoms with Crippen molar-refractivity contribution in [3.8, 4) is 17.1 Å². The average Bonchev–Trinajstić information content (AvgIpc) is 3.39. The highest BCUT2D eigenvalue weighted by Gasteiger charge is 2.27. The molecule has 3 N–H and O–H groups in total. The van der Waals surface area contributed by atoms with E-state index in [1.165, 1.54) is 43.1 Å². The van der Waals surface area contributed by atoms with Gasteiger partial charge < -0.3 is 25.4 Å². The van der Waals surface area contributed by atoms with Gasteiger partial charge in [0.15, 0.2) is 17.2 Å². The normalized spacial score (nSPS) is 10.9. The fourth-order valence-electron chi connectivity index (χ4n) is 4.82. The molecule has 0 spiro atoms. The summed E-state index contributed by atoms with van der Waals surface area (Å²) in [7, 11) is 6.22. The Morgan fingerprint density at radius 1 is 0.979 bits per heavy atom.